The van der Waals surface area contributed by atoms with Gasteiger partial charge in [0.1, 0.15) is 0 Å². The highest BCUT2D eigenvalue weighted by molar-refractivity contribution is 9.14. The standard InChI is InChI=1S/C10H10Br4O2/c11-7-5(1-3-15)8(12)10(14)6(2-4-16)9(7)13/h15-16H,1-4H2. The molecule has 0 fully saturated rings. The molecule has 1 aromatic carbocycles. The third-order valence-electron chi connectivity index (χ3n) is 2.17. The lowest BCUT2D eigenvalue weighted by molar-refractivity contribution is 0.297. The highest BCUT2D eigenvalue weighted by Crippen LogP contribution is 2.42. The van der Waals surface area contributed by atoms with Crippen molar-refractivity contribution < 1.29 is 10.2 Å². The third kappa shape index (κ3) is 3.09. The van der Waals surface area contributed by atoms with Crippen LogP contribution in [0.5, 0.6) is 0 Å². The smallest absolute Gasteiger partial charge is 0.0472 e. The lowest BCUT2D eigenvalue weighted by atomic mass is 10.1. The van der Waals surface area contributed by atoms with Crippen LogP contribution in [-0.2, 0) is 12.8 Å². The number of rotatable bonds is 4. The van der Waals surface area contributed by atoms with Crippen LogP contribution < -0.4 is 0 Å². The average molecular weight is 482 g/mol. The molecule has 0 unspecified atom stereocenters. The van der Waals surface area contributed by atoms with Gasteiger partial charge in [-0.15, -0.1) is 0 Å². The summed E-state index contributed by atoms with van der Waals surface area (Å²) in [4.78, 5) is 0. The molecular formula is C10H10Br4O2. The van der Waals surface area contributed by atoms with Gasteiger partial charge in [0.15, 0.2) is 0 Å². The normalized spacial score (nSPS) is 10.9. The summed E-state index contributed by atoms with van der Waals surface area (Å²) in [5, 5.41) is 18.0. The van der Waals surface area contributed by atoms with E-state index in [-0.39, 0.29) is 13.2 Å². The first-order valence-corrected chi connectivity index (χ1v) is 7.77. The molecule has 0 aliphatic rings. The zero-order valence-corrected chi connectivity index (χ0v) is 14.6. The lowest BCUT2D eigenvalue weighted by Crippen LogP contribution is -2.01. The Balaban J connectivity index is 3.37. The maximum atomic E-state index is 9.01. The summed E-state index contributed by atoms with van der Waals surface area (Å²) in [5.74, 6) is 0. The Labute approximate surface area is 128 Å². The summed E-state index contributed by atoms with van der Waals surface area (Å²) in [5.41, 5.74) is 2.01. The van der Waals surface area contributed by atoms with Crippen molar-refractivity contribution in [2.24, 2.45) is 0 Å². The molecule has 0 spiro atoms. The van der Waals surface area contributed by atoms with Crippen molar-refractivity contribution >= 4 is 63.7 Å². The number of halogens is 4. The van der Waals surface area contributed by atoms with Crippen molar-refractivity contribution in [2.45, 2.75) is 12.8 Å². The highest BCUT2D eigenvalue weighted by atomic mass is 79.9. The maximum absolute atomic E-state index is 9.01. The molecule has 0 atom stereocenters. The van der Waals surface area contributed by atoms with Crippen LogP contribution in [0.4, 0.5) is 0 Å². The van der Waals surface area contributed by atoms with Crippen LogP contribution in [0.2, 0.25) is 0 Å². The van der Waals surface area contributed by atoms with E-state index in [9.17, 15) is 0 Å². The molecule has 1 aromatic rings. The van der Waals surface area contributed by atoms with Gasteiger partial charge >= 0.3 is 0 Å². The minimum absolute atomic E-state index is 0.0927. The second-order valence-electron chi connectivity index (χ2n) is 3.16. The van der Waals surface area contributed by atoms with Crippen LogP contribution in [0, 0.1) is 0 Å². The monoisotopic (exact) mass is 478 g/mol. The number of aliphatic hydroxyl groups excluding tert-OH is 2. The summed E-state index contributed by atoms with van der Waals surface area (Å²) in [6.45, 7) is 0.185. The summed E-state index contributed by atoms with van der Waals surface area (Å²) in [6.07, 6.45) is 1.13. The molecule has 0 saturated heterocycles. The third-order valence-corrected chi connectivity index (χ3v) is 6.73. The van der Waals surface area contributed by atoms with Gasteiger partial charge in [0, 0.05) is 31.1 Å². The molecule has 0 saturated carbocycles. The Kier molecular flexibility index (Phi) is 6.47. The summed E-state index contributed by atoms with van der Waals surface area (Å²) >= 11 is 14.0. The topological polar surface area (TPSA) is 40.5 Å². The first kappa shape index (κ1) is 15.1. The van der Waals surface area contributed by atoms with Crippen molar-refractivity contribution in [1.29, 1.82) is 0 Å². The predicted molar refractivity (Wildman–Crippen MR) is 78.8 cm³/mol. The molecule has 0 aliphatic carbocycles. The molecule has 2 nitrogen and oxygen atoms in total. The largest absolute Gasteiger partial charge is 0.396 e. The van der Waals surface area contributed by atoms with E-state index < -0.39 is 0 Å². The second-order valence-corrected chi connectivity index (χ2v) is 6.33. The van der Waals surface area contributed by atoms with Gasteiger partial charge in [-0.25, -0.2) is 0 Å². The molecule has 0 amide bonds. The van der Waals surface area contributed by atoms with Gasteiger partial charge in [-0.2, -0.15) is 0 Å². The maximum Gasteiger partial charge on any atom is 0.0472 e. The fourth-order valence-corrected chi connectivity index (χ4v) is 4.46. The summed E-state index contributed by atoms with van der Waals surface area (Å²) in [7, 11) is 0. The van der Waals surface area contributed by atoms with Crippen LogP contribution in [-0.4, -0.2) is 23.4 Å². The van der Waals surface area contributed by atoms with Crippen LogP contribution in [0.15, 0.2) is 17.9 Å². The summed E-state index contributed by atoms with van der Waals surface area (Å²) < 4.78 is 3.67. The molecular weight excluding hydrogens is 472 g/mol. The first-order chi connectivity index (χ1) is 7.54. The number of hydrogen-bond donors (Lipinski definition) is 2. The SMILES string of the molecule is OCCc1c(Br)c(Br)c(CCO)c(Br)c1Br. The quantitative estimate of drug-likeness (QED) is 0.642. The minimum atomic E-state index is 0.0927. The van der Waals surface area contributed by atoms with Crippen LogP contribution in [0.25, 0.3) is 0 Å². The fourth-order valence-electron chi connectivity index (χ4n) is 1.39. The van der Waals surface area contributed by atoms with E-state index >= 15 is 0 Å². The van der Waals surface area contributed by atoms with Gasteiger partial charge in [-0.1, -0.05) is 0 Å². The van der Waals surface area contributed by atoms with E-state index in [2.05, 4.69) is 63.7 Å². The molecule has 0 aromatic heterocycles. The molecule has 2 N–H and O–H groups in total. The molecule has 16 heavy (non-hydrogen) atoms. The van der Waals surface area contributed by atoms with Gasteiger partial charge in [0.2, 0.25) is 0 Å². The van der Waals surface area contributed by atoms with E-state index in [0.29, 0.717) is 12.8 Å². The summed E-state index contributed by atoms with van der Waals surface area (Å²) in [6, 6.07) is 0. The van der Waals surface area contributed by atoms with Crippen LogP contribution in [0.3, 0.4) is 0 Å². The minimum Gasteiger partial charge on any atom is -0.396 e. The van der Waals surface area contributed by atoms with Gasteiger partial charge in [0.25, 0.3) is 0 Å². The van der Waals surface area contributed by atoms with E-state index in [0.717, 1.165) is 29.0 Å². The van der Waals surface area contributed by atoms with Crippen molar-refractivity contribution in [2.75, 3.05) is 13.2 Å². The molecule has 0 bridgehead atoms. The molecule has 0 aliphatic heterocycles. The van der Waals surface area contributed by atoms with E-state index in [1.807, 2.05) is 0 Å². The Bertz CT molecular complexity index is 327. The van der Waals surface area contributed by atoms with E-state index in [1.54, 1.807) is 0 Å². The Morgan fingerprint density at radius 3 is 1.06 bits per heavy atom. The van der Waals surface area contributed by atoms with E-state index in [1.165, 1.54) is 0 Å². The zero-order chi connectivity index (χ0) is 12.3. The molecule has 90 valence electrons. The fraction of sp³-hybridized carbons (Fsp3) is 0.400. The van der Waals surface area contributed by atoms with Gasteiger partial charge < -0.3 is 10.2 Å². The molecule has 0 radical (unpaired) electrons. The van der Waals surface area contributed by atoms with Gasteiger partial charge in [-0.3, -0.25) is 0 Å². The highest BCUT2D eigenvalue weighted by Gasteiger charge is 2.17. The molecule has 1 rings (SSSR count). The zero-order valence-electron chi connectivity index (χ0n) is 8.23. The molecule has 0 heterocycles. The van der Waals surface area contributed by atoms with Gasteiger partial charge in [0.05, 0.1) is 0 Å². The number of hydrogen-bond acceptors (Lipinski definition) is 2. The first-order valence-electron chi connectivity index (χ1n) is 4.60. The lowest BCUT2D eigenvalue weighted by Gasteiger charge is -2.15. The van der Waals surface area contributed by atoms with Crippen molar-refractivity contribution in [1.82, 2.24) is 0 Å². The van der Waals surface area contributed by atoms with Crippen LogP contribution in [0.1, 0.15) is 11.1 Å². The van der Waals surface area contributed by atoms with Gasteiger partial charge in [-0.05, 0) is 87.7 Å². The van der Waals surface area contributed by atoms with Crippen LogP contribution >= 0.6 is 63.7 Å². The Hall–Kier alpha value is 1.06. The predicted octanol–water partition coefficient (Wildman–Crippen LogP) is 3.81. The average Bonchev–Trinajstić information content (AvgIpc) is 2.28. The van der Waals surface area contributed by atoms with Crippen molar-refractivity contribution in [3.8, 4) is 0 Å². The number of benzene rings is 1. The Morgan fingerprint density at radius 1 is 0.625 bits per heavy atom. The Morgan fingerprint density at radius 2 is 0.875 bits per heavy atom. The number of aliphatic hydroxyl groups is 2. The molecule has 6 heteroatoms. The van der Waals surface area contributed by atoms with Crippen molar-refractivity contribution in [3.63, 3.8) is 0 Å². The second kappa shape index (κ2) is 6.85. The van der Waals surface area contributed by atoms with E-state index in [4.69, 9.17) is 10.2 Å². The van der Waals surface area contributed by atoms with Crippen molar-refractivity contribution in [3.05, 3.63) is 29.0 Å².